The van der Waals surface area contributed by atoms with E-state index in [1.54, 1.807) is 43.1 Å². The third-order valence-corrected chi connectivity index (χ3v) is 4.41. The maximum atomic E-state index is 12.5. The Balaban J connectivity index is 1.97. The molecule has 1 atom stereocenters. The number of likely N-dealkylation sites (N-methyl/N-ethyl adjacent to an activating group) is 1. The van der Waals surface area contributed by atoms with E-state index in [1.165, 1.54) is 0 Å². The number of anilines is 2. The molecule has 0 unspecified atom stereocenters. The molecule has 0 fully saturated rings. The van der Waals surface area contributed by atoms with Gasteiger partial charge in [-0.05, 0) is 57.1 Å². The molecule has 0 aliphatic heterocycles. The van der Waals surface area contributed by atoms with E-state index in [1.807, 2.05) is 38.1 Å². The lowest BCUT2D eigenvalue weighted by Crippen LogP contribution is -2.43. The lowest BCUT2D eigenvalue weighted by atomic mass is 10.1. The van der Waals surface area contributed by atoms with Crippen LogP contribution in [0.15, 0.2) is 42.5 Å². The molecule has 2 N–H and O–H groups in total. The van der Waals surface area contributed by atoms with Gasteiger partial charge in [-0.25, -0.2) is 0 Å². The van der Waals surface area contributed by atoms with Gasteiger partial charge in [-0.1, -0.05) is 24.3 Å². The van der Waals surface area contributed by atoms with Crippen LogP contribution in [-0.4, -0.2) is 36.3 Å². The molecule has 0 radical (unpaired) electrons. The number of hydrogen-bond donors (Lipinski definition) is 2. The van der Waals surface area contributed by atoms with E-state index in [-0.39, 0.29) is 18.4 Å². The van der Waals surface area contributed by atoms with Crippen molar-refractivity contribution in [2.45, 2.75) is 26.8 Å². The van der Waals surface area contributed by atoms with Gasteiger partial charge in [-0.3, -0.25) is 14.5 Å². The van der Waals surface area contributed by atoms with E-state index in [9.17, 15) is 9.59 Å². The number of nitrogens with one attached hydrogen (secondary N) is 2. The highest BCUT2D eigenvalue weighted by atomic mass is 16.2. The Morgan fingerprint density at radius 2 is 1.81 bits per heavy atom. The van der Waals surface area contributed by atoms with Crippen LogP contribution in [0.25, 0.3) is 0 Å². The molecule has 0 heterocycles. The SMILES string of the molecule is Cc1ccc(C)c(NC(=O)CN(C)[C@@H](C)C(=O)Nc2ccccc2C#N)c1. The zero-order chi connectivity index (χ0) is 20.0. The fourth-order valence-electron chi connectivity index (χ4n) is 2.55. The smallest absolute Gasteiger partial charge is 0.241 e. The number of para-hydroxylation sites is 1. The Morgan fingerprint density at radius 3 is 2.52 bits per heavy atom. The van der Waals surface area contributed by atoms with Crippen LogP contribution in [0.2, 0.25) is 0 Å². The van der Waals surface area contributed by atoms with Gasteiger partial charge in [0.25, 0.3) is 0 Å². The summed E-state index contributed by atoms with van der Waals surface area (Å²) >= 11 is 0. The van der Waals surface area contributed by atoms with Crippen molar-refractivity contribution >= 4 is 23.2 Å². The molecule has 27 heavy (non-hydrogen) atoms. The Morgan fingerprint density at radius 1 is 1.11 bits per heavy atom. The fraction of sp³-hybridized carbons (Fsp3) is 0.286. The molecule has 0 bridgehead atoms. The average Bonchev–Trinajstić information content (AvgIpc) is 2.64. The third-order valence-electron chi connectivity index (χ3n) is 4.41. The molecule has 2 amide bonds. The number of amides is 2. The lowest BCUT2D eigenvalue weighted by molar-refractivity contribution is -0.122. The maximum absolute atomic E-state index is 12.5. The average molecular weight is 364 g/mol. The summed E-state index contributed by atoms with van der Waals surface area (Å²) in [5.41, 5.74) is 3.68. The highest BCUT2D eigenvalue weighted by molar-refractivity contribution is 5.97. The van der Waals surface area contributed by atoms with Crippen molar-refractivity contribution < 1.29 is 9.59 Å². The van der Waals surface area contributed by atoms with Gasteiger partial charge in [-0.2, -0.15) is 5.26 Å². The minimum atomic E-state index is -0.541. The van der Waals surface area contributed by atoms with Crippen LogP contribution in [-0.2, 0) is 9.59 Å². The minimum absolute atomic E-state index is 0.0713. The molecule has 6 heteroatoms. The summed E-state index contributed by atoms with van der Waals surface area (Å²) in [7, 11) is 1.71. The van der Waals surface area contributed by atoms with E-state index in [0.29, 0.717) is 11.3 Å². The number of nitrogens with zero attached hydrogens (tertiary/aromatic N) is 2. The molecule has 140 valence electrons. The Labute approximate surface area is 159 Å². The third kappa shape index (κ3) is 5.40. The van der Waals surface area contributed by atoms with Crippen LogP contribution < -0.4 is 10.6 Å². The highest BCUT2D eigenvalue weighted by Gasteiger charge is 2.21. The van der Waals surface area contributed by atoms with Gasteiger partial charge in [0, 0.05) is 5.69 Å². The van der Waals surface area contributed by atoms with Gasteiger partial charge in [0.05, 0.1) is 23.8 Å². The number of nitriles is 1. The normalized spacial score (nSPS) is 11.6. The van der Waals surface area contributed by atoms with Crippen molar-refractivity contribution in [1.29, 1.82) is 5.26 Å². The molecule has 2 rings (SSSR count). The van der Waals surface area contributed by atoms with Crippen LogP contribution >= 0.6 is 0 Å². The zero-order valence-electron chi connectivity index (χ0n) is 16.0. The van der Waals surface area contributed by atoms with Crippen LogP contribution in [0.5, 0.6) is 0 Å². The predicted molar refractivity (Wildman–Crippen MR) is 106 cm³/mol. The number of aryl methyl sites for hydroxylation is 2. The second-order valence-corrected chi connectivity index (χ2v) is 6.60. The summed E-state index contributed by atoms with van der Waals surface area (Å²) in [6.07, 6.45) is 0. The molecule has 2 aromatic carbocycles. The van der Waals surface area contributed by atoms with Gasteiger partial charge in [0.2, 0.25) is 11.8 Å². The van der Waals surface area contributed by atoms with Crippen molar-refractivity contribution in [2.24, 2.45) is 0 Å². The molecule has 2 aromatic rings. The first-order chi connectivity index (χ1) is 12.8. The van der Waals surface area contributed by atoms with E-state index in [2.05, 4.69) is 10.6 Å². The van der Waals surface area contributed by atoms with Crippen molar-refractivity contribution in [3.63, 3.8) is 0 Å². The summed E-state index contributed by atoms with van der Waals surface area (Å²) in [6.45, 7) is 5.69. The number of carbonyl (C=O) groups excluding carboxylic acids is 2. The van der Waals surface area contributed by atoms with Gasteiger partial charge in [0.15, 0.2) is 0 Å². The summed E-state index contributed by atoms with van der Waals surface area (Å²) in [5, 5.41) is 14.8. The summed E-state index contributed by atoms with van der Waals surface area (Å²) < 4.78 is 0. The maximum Gasteiger partial charge on any atom is 0.241 e. The quantitative estimate of drug-likeness (QED) is 0.825. The standard InChI is InChI=1S/C21H24N4O2/c1-14-9-10-15(2)19(11-14)23-20(26)13-25(4)16(3)21(27)24-18-8-6-5-7-17(18)12-22/h5-11,16H,13H2,1-4H3,(H,23,26)(H,24,27)/t16-/m0/s1. The first kappa shape index (κ1) is 20.1. The van der Waals surface area contributed by atoms with Crippen molar-refractivity contribution in [3.05, 3.63) is 59.2 Å². The van der Waals surface area contributed by atoms with Crippen molar-refractivity contribution in [1.82, 2.24) is 4.90 Å². The Hall–Kier alpha value is -3.17. The van der Waals surface area contributed by atoms with E-state index >= 15 is 0 Å². The molecular formula is C21H24N4O2. The second kappa shape index (κ2) is 8.97. The van der Waals surface area contributed by atoms with Crippen LogP contribution in [0.1, 0.15) is 23.6 Å². The first-order valence-corrected chi connectivity index (χ1v) is 8.69. The van der Waals surface area contributed by atoms with Crippen molar-refractivity contribution in [3.8, 4) is 6.07 Å². The van der Waals surface area contributed by atoms with Crippen LogP contribution in [0.3, 0.4) is 0 Å². The summed E-state index contributed by atoms with van der Waals surface area (Å²) in [4.78, 5) is 26.5. The van der Waals surface area contributed by atoms with E-state index in [0.717, 1.165) is 16.8 Å². The zero-order valence-corrected chi connectivity index (χ0v) is 16.0. The molecule has 0 spiro atoms. The predicted octanol–water partition coefficient (Wildman–Crippen LogP) is 3.07. The van der Waals surface area contributed by atoms with Gasteiger partial charge >= 0.3 is 0 Å². The molecule has 0 aliphatic rings. The van der Waals surface area contributed by atoms with Gasteiger partial charge in [-0.15, -0.1) is 0 Å². The topological polar surface area (TPSA) is 85.2 Å². The summed E-state index contributed by atoms with van der Waals surface area (Å²) in [6, 6.07) is 14.2. The fourth-order valence-corrected chi connectivity index (χ4v) is 2.55. The molecule has 0 aromatic heterocycles. The monoisotopic (exact) mass is 364 g/mol. The highest BCUT2D eigenvalue weighted by Crippen LogP contribution is 2.17. The largest absolute Gasteiger partial charge is 0.325 e. The Kier molecular flexibility index (Phi) is 6.69. The van der Waals surface area contributed by atoms with Crippen LogP contribution in [0, 0.1) is 25.2 Å². The number of rotatable bonds is 6. The molecular weight excluding hydrogens is 340 g/mol. The second-order valence-electron chi connectivity index (χ2n) is 6.60. The van der Waals surface area contributed by atoms with Gasteiger partial charge in [0.1, 0.15) is 6.07 Å². The van der Waals surface area contributed by atoms with Crippen molar-refractivity contribution in [2.75, 3.05) is 24.2 Å². The minimum Gasteiger partial charge on any atom is -0.325 e. The number of carbonyl (C=O) groups is 2. The number of benzene rings is 2. The molecule has 0 saturated heterocycles. The lowest BCUT2D eigenvalue weighted by Gasteiger charge is -2.23. The summed E-state index contributed by atoms with van der Waals surface area (Å²) in [5.74, 6) is -0.469. The Bertz CT molecular complexity index is 886. The molecule has 0 aliphatic carbocycles. The van der Waals surface area contributed by atoms with E-state index < -0.39 is 6.04 Å². The van der Waals surface area contributed by atoms with Crippen LogP contribution in [0.4, 0.5) is 11.4 Å². The van der Waals surface area contributed by atoms with E-state index in [4.69, 9.17) is 5.26 Å². The first-order valence-electron chi connectivity index (χ1n) is 8.69. The molecule has 0 saturated carbocycles. The van der Waals surface area contributed by atoms with Gasteiger partial charge < -0.3 is 10.6 Å². The number of hydrogen-bond acceptors (Lipinski definition) is 4. The molecule has 6 nitrogen and oxygen atoms in total.